The average molecular weight is 290 g/mol. The van der Waals surface area contributed by atoms with Crippen LogP contribution in [0.5, 0.6) is 0 Å². The van der Waals surface area contributed by atoms with E-state index in [9.17, 15) is 10.1 Å². The molecule has 0 aromatic carbocycles. The van der Waals surface area contributed by atoms with Crippen molar-refractivity contribution in [2.75, 3.05) is 30.5 Å². The number of carbonyl (C=O) groups is 1. The number of thioether (sulfide) groups is 1. The van der Waals surface area contributed by atoms with Crippen molar-refractivity contribution in [2.24, 2.45) is 0 Å². The topological polar surface area (TPSA) is 69.0 Å². The highest BCUT2D eigenvalue weighted by molar-refractivity contribution is 7.99. The highest BCUT2D eigenvalue weighted by Crippen LogP contribution is 2.26. The van der Waals surface area contributed by atoms with Gasteiger partial charge >= 0.3 is 0 Å². The predicted molar refractivity (Wildman–Crippen MR) is 80.9 cm³/mol. The second-order valence-electron chi connectivity index (χ2n) is 5.05. The number of aromatic nitrogens is 1. The zero-order valence-corrected chi connectivity index (χ0v) is 12.5. The summed E-state index contributed by atoms with van der Waals surface area (Å²) in [5, 5.41) is 12.2. The highest BCUT2D eigenvalue weighted by atomic mass is 32.2. The van der Waals surface area contributed by atoms with Gasteiger partial charge in [-0.3, -0.25) is 9.78 Å². The summed E-state index contributed by atoms with van der Waals surface area (Å²) < 4.78 is 0. The molecule has 1 fully saturated rings. The SMILES string of the molecule is CN(C)c1ccnc(C(=O)NC2(C#N)CCSCC2)c1. The minimum absolute atomic E-state index is 0.276. The summed E-state index contributed by atoms with van der Waals surface area (Å²) >= 11 is 1.82. The molecule has 2 rings (SSSR count). The lowest BCUT2D eigenvalue weighted by molar-refractivity contribution is 0.0910. The van der Waals surface area contributed by atoms with E-state index in [2.05, 4.69) is 16.4 Å². The van der Waals surface area contributed by atoms with Gasteiger partial charge in [0.25, 0.3) is 5.91 Å². The third-order valence-electron chi connectivity index (χ3n) is 3.41. The molecule has 20 heavy (non-hydrogen) atoms. The Morgan fingerprint density at radius 1 is 1.50 bits per heavy atom. The quantitative estimate of drug-likeness (QED) is 0.917. The Labute approximate surface area is 123 Å². The van der Waals surface area contributed by atoms with Gasteiger partial charge in [-0.25, -0.2) is 0 Å². The van der Waals surface area contributed by atoms with Gasteiger partial charge in [-0.2, -0.15) is 17.0 Å². The maximum absolute atomic E-state index is 12.3. The first-order valence-corrected chi connectivity index (χ1v) is 7.67. The molecule has 1 aromatic rings. The van der Waals surface area contributed by atoms with Gasteiger partial charge in [-0.05, 0) is 36.5 Å². The summed E-state index contributed by atoms with van der Waals surface area (Å²) in [5.41, 5.74) is 0.525. The summed E-state index contributed by atoms with van der Waals surface area (Å²) in [7, 11) is 3.82. The lowest BCUT2D eigenvalue weighted by Crippen LogP contribution is -2.49. The molecule has 1 aliphatic rings. The van der Waals surface area contributed by atoms with Crippen LogP contribution in [0.3, 0.4) is 0 Å². The lowest BCUT2D eigenvalue weighted by atomic mass is 9.94. The van der Waals surface area contributed by atoms with Gasteiger partial charge in [-0.15, -0.1) is 0 Å². The molecule has 1 aromatic heterocycles. The molecule has 0 unspecified atom stereocenters. The van der Waals surface area contributed by atoms with E-state index in [1.165, 1.54) is 0 Å². The molecule has 0 bridgehead atoms. The van der Waals surface area contributed by atoms with E-state index in [1.807, 2.05) is 36.8 Å². The molecule has 5 nitrogen and oxygen atoms in total. The van der Waals surface area contributed by atoms with E-state index in [0.29, 0.717) is 18.5 Å². The smallest absolute Gasteiger partial charge is 0.271 e. The fourth-order valence-electron chi connectivity index (χ4n) is 2.09. The van der Waals surface area contributed by atoms with Crippen molar-refractivity contribution in [1.82, 2.24) is 10.3 Å². The van der Waals surface area contributed by atoms with Gasteiger partial charge < -0.3 is 10.2 Å². The summed E-state index contributed by atoms with van der Waals surface area (Å²) in [6.07, 6.45) is 2.99. The van der Waals surface area contributed by atoms with Crippen LogP contribution in [0.1, 0.15) is 23.3 Å². The average Bonchev–Trinajstić information content (AvgIpc) is 2.48. The molecule has 2 heterocycles. The maximum Gasteiger partial charge on any atom is 0.271 e. The van der Waals surface area contributed by atoms with Crippen LogP contribution < -0.4 is 10.2 Å². The molecule has 1 N–H and O–H groups in total. The number of amides is 1. The summed E-state index contributed by atoms with van der Waals surface area (Å²) in [6, 6.07) is 5.85. The molecule has 1 amide bonds. The van der Waals surface area contributed by atoms with Crippen LogP contribution in [0.2, 0.25) is 0 Å². The molecule has 106 valence electrons. The van der Waals surface area contributed by atoms with Crippen molar-refractivity contribution in [3.05, 3.63) is 24.0 Å². The number of nitrogens with zero attached hydrogens (tertiary/aromatic N) is 3. The largest absolute Gasteiger partial charge is 0.378 e. The molecule has 0 spiro atoms. The zero-order chi connectivity index (χ0) is 14.6. The molecule has 1 aliphatic heterocycles. The normalized spacial score (nSPS) is 17.1. The first-order valence-electron chi connectivity index (χ1n) is 6.51. The summed E-state index contributed by atoms with van der Waals surface area (Å²) in [4.78, 5) is 18.3. The minimum atomic E-state index is -0.738. The molecule has 0 radical (unpaired) electrons. The number of hydrogen-bond acceptors (Lipinski definition) is 5. The van der Waals surface area contributed by atoms with Gasteiger partial charge in [-0.1, -0.05) is 0 Å². The molecule has 0 saturated carbocycles. The van der Waals surface area contributed by atoms with Crippen molar-refractivity contribution < 1.29 is 4.79 Å². The van der Waals surface area contributed by atoms with Gasteiger partial charge in [0.05, 0.1) is 6.07 Å². The molecular weight excluding hydrogens is 272 g/mol. The summed E-state index contributed by atoms with van der Waals surface area (Å²) in [6.45, 7) is 0. The predicted octanol–water partition coefficient (Wildman–Crippen LogP) is 1.67. The molecule has 6 heteroatoms. The van der Waals surface area contributed by atoms with Crippen LogP contribution in [0.25, 0.3) is 0 Å². The van der Waals surface area contributed by atoms with E-state index in [0.717, 1.165) is 17.2 Å². The number of nitriles is 1. The molecule has 1 saturated heterocycles. The zero-order valence-electron chi connectivity index (χ0n) is 11.7. The Morgan fingerprint density at radius 2 is 2.20 bits per heavy atom. The van der Waals surface area contributed by atoms with Crippen molar-refractivity contribution in [3.63, 3.8) is 0 Å². The standard InChI is InChI=1S/C14H18N4OS/c1-18(2)11-3-6-16-12(9-11)13(19)17-14(10-15)4-7-20-8-5-14/h3,6,9H,4-5,7-8H2,1-2H3,(H,17,19). The second-order valence-corrected chi connectivity index (χ2v) is 6.28. The van der Waals surface area contributed by atoms with Crippen LogP contribution in [0.4, 0.5) is 5.69 Å². The number of nitrogens with one attached hydrogen (secondary N) is 1. The Balaban J connectivity index is 2.15. The lowest BCUT2D eigenvalue weighted by Gasteiger charge is -2.31. The first-order chi connectivity index (χ1) is 9.56. The fraction of sp³-hybridized carbons (Fsp3) is 0.500. The van der Waals surface area contributed by atoms with E-state index in [1.54, 1.807) is 12.3 Å². The summed E-state index contributed by atoms with van der Waals surface area (Å²) in [5.74, 6) is 1.53. The van der Waals surface area contributed by atoms with Crippen LogP contribution in [0.15, 0.2) is 18.3 Å². The van der Waals surface area contributed by atoms with Gasteiger partial charge in [0.15, 0.2) is 0 Å². The van der Waals surface area contributed by atoms with Crippen molar-refractivity contribution in [1.29, 1.82) is 5.26 Å². The Hall–Kier alpha value is -1.74. The van der Waals surface area contributed by atoms with Crippen LogP contribution in [-0.4, -0.2) is 42.0 Å². The van der Waals surface area contributed by atoms with Gasteiger partial charge in [0.2, 0.25) is 0 Å². The van der Waals surface area contributed by atoms with Crippen LogP contribution in [0, 0.1) is 11.3 Å². The highest BCUT2D eigenvalue weighted by Gasteiger charge is 2.34. The van der Waals surface area contributed by atoms with Crippen molar-refractivity contribution >= 4 is 23.4 Å². The molecule has 0 atom stereocenters. The third-order valence-corrected chi connectivity index (χ3v) is 4.39. The number of carbonyl (C=O) groups excluding carboxylic acids is 1. The minimum Gasteiger partial charge on any atom is -0.378 e. The number of hydrogen-bond donors (Lipinski definition) is 1. The Morgan fingerprint density at radius 3 is 2.80 bits per heavy atom. The number of pyridine rings is 1. The molecule has 0 aliphatic carbocycles. The Bertz CT molecular complexity index is 532. The van der Waals surface area contributed by atoms with E-state index >= 15 is 0 Å². The number of anilines is 1. The monoisotopic (exact) mass is 290 g/mol. The van der Waals surface area contributed by atoms with E-state index < -0.39 is 5.54 Å². The van der Waals surface area contributed by atoms with E-state index in [4.69, 9.17) is 0 Å². The first kappa shape index (κ1) is 14.7. The van der Waals surface area contributed by atoms with Gasteiger partial charge in [0, 0.05) is 26.0 Å². The number of rotatable bonds is 3. The third kappa shape index (κ3) is 3.23. The fourth-order valence-corrected chi connectivity index (χ4v) is 3.28. The second kappa shape index (κ2) is 6.14. The van der Waals surface area contributed by atoms with Gasteiger partial charge in [0.1, 0.15) is 11.2 Å². The van der Waals surface area contributed by atoms with Crippen LogP contribution in [-0.2, 0) is 0 Å². The van der Waals surface area contributed by atoms with E-state index in [-0.39, 0.29) is 5.91 Å². The maximum atomic E-state index is 12.3. The van der Waals surface area contributed by atoms with Crippen LogP contribution >= 0.6 is 11.8 Å². The van der Waals surface area contributed by atoms with Crippen molar-refractivity contribution in [2.45, 2.75) is 18.4 Å². The Kier molecular flexibility index (Phi) is 4.50. The van der Waals surface area contributed by atoms with Crippen molar-refractivity contribution in [3.8, 4) is 6.07 Å². The molecular formula is C14H18N4OS.